The molecule has 9 rings (SSSR count). The van der Waals surface area contributed by atoms with Crippen LogP contribution in [0, 0.1) is 0 Å². The summed E-state index contributed by atoms with van der Waals surface area (Å²) < 4.78 is 2.62. The van der Waals surface area contributed by atoms with E-state index in [0.717, 1.165) is 22.3 Å². The number of nitrogens with zero attached hydrogens (tertiary/aromatic N) is 3. The maximum atomic E-state index is 5.03. The molecule has 0 fully saturated rings. The zero-order valence-electron chi connectivity index (χ0n) is 24.2. The average Bonchev–Trinajstić information content (AvgIpc) is 3.51. The van der Waals surface area contributed by atoms with Gasteiger partial charge in [-0.25, -0.2) is 15.0 Å². The van der Waals surface area contributed by atoms with Crippen LogP contribution in [-0.2, 0) is 0 Å². The van der Waals surface area contributed by atoms with Crippen molar-refractivity contribution >= 4 is 53.1 Å². The minimum absolute atomic E-state index is 0.656. The van der Waals surface area contributed by atoms with Gasteiger partial charge >= 0.3 is 0 Å². The lowest BCUT2D eigenvalue weighted by molar-refractivity contribution is 1.07. The lowest BCUT2D eigenvalue weighted by atomic mass is 10.00. The standard InChI is InChI=1S/C41H25N3S/c1-2-9-28(10-3-1)39-42-40(29-17-14-27(15-18-29)31-19-16-26-8-4-5-11-30(26)24-31)44-41(43-39)33-21-22-34-32(25-33)20-23-36-35-12-6-7-13-37(35)45-38(34)36/h1-25H. The van der Waals surface area contributed by atoms with Crippen LogP contribution in [0.15, 0.2) is 152 Å². The fourth-order valence-electron chi connectivity index (χ4n) is 6.18. The third-order valence-electron chi connectivity index (χ3n) is 8.51. The first kappa shape index (κ1) is 25.8. The summed E-state index contributed by atoms with van der Waals surface area (Å²) in [4.78, 5) is 15.0. The second-order valence-corrected chi connectivity index (χ2v) is 12.3. The van der Waals surface area contributed by atoms with Crippen LogP contribution in [-0.4, -0.2) is 15.0 Å². The Balaban J connectivity index is 1.15. The van der Waals surface area contributed by atoms with Crippen LogP contribution in [0.25, 0.3) is 87.0 Å². The molecule has 7 aromatic carbocycles. The SMILES string of the molecule is c1ccc(-c2nc(-c3ccc(-c4ccc5ccccc5c4)cc3)nc(-c3ccc4c(ccc5c6ccccc6sc45)c3)n2)cc1. The number of hydrogen-bond acceptors (Lipinski definition) is 4. The monoisotopic (exact) mass is 591 g/mol. The van der Waals surface area contributed by atoms with Crippen molar-refractivity contribution in [2.45, 2.75) is 0 Å². The van der Waals surface area contributed by atoms with Crippen molar-refractivity contribution in [3.63, 3.8) is 0 Å². The van der Waals surface area contributed by atoms with Gasteiger partial charge in [-0.05, 0) is 50.9 Å². The molecule has 3 nitrogen and oxygen atoms in total. The van der Waals surface area contributed by atoms with Crippen molar-refractivity contribution in [2.75, 3.05) is 0 Å². The van der Waals surface area contributed by atoms with E-state index < -0.39 is 0 Å². The van der Waals surface area contributed by atoms with E-state index in [1.54, 1.807) is 0 Å². The molecule has 2 aromatic heterocycles. The van der Waals surface area contributed by atoms with Crippen molar-refractivity contribution in [2.24, 2.45) is 0 Å². The van der Waals surface area contributed by atoms with E-state index in [4.69, 9.17) is 15.0 Å². The van der Waals surface area contributed by atoms with Crippen LogP contribution in [0.1, 0.15) is 0 Å². The highest BCUT2D eigenvalue weighted by atomic mass is 32.1. The Morgan fingerprint density at radius 1 is 0.333 bits per heavy atom. The quantitative estimate of drug-likeness (QED) is 0.204. The highest BCUT2D eigenvalue weighted by Crippen LogP contribution is 2.39. The molecule has 4 heteroatoms. The van der Waals surface area contributed by atoms with E-state index in [1.165, 1.54) is 47.3 Å². The van der Waals surface area contributed by atoms with Crippen molar-refractivity contribution in [3.05, 3.63) is 152 Å². The number of benzene rings is 7. The predicted molar refractivity (Wildman–Crippen MR) is 189 cm³/mol. The first-order chi connectivity index (χ1) is 22.3. The first-order valence-electron chi connectivity index (χ1n) is 15.0. The molecule has 0 radical (unpaired) electrons. The summed E-state index contributed by atoms with van der Waals surface area (Å²) >= 11 is 1.85. The van der Waals surface area contributed by atoms with Crippen LogP contribution in [0.2, 0.25) is 0 Å². The van der Waals surface area contributed by atoms with E-state index in [9.17, 15) is 0 Å². The zero-order chi connectivity index (χ0) is 29.7. The minimum Gasteiger partial charge on any atom is -0.208 e. The number of rotatable bonds is 4. The summed E-state index contributed by atoms with van der Waals surface area (Å²) in [6, 6.07) is 53.4. The van der Waals surface area contributed by atoms with Crippen molar-refractivity contribution in [1.82, 2.24) is 15.0 Å². The highest BCUT2D eigenvalue weighted by Gasteiger charge is 2.14. The maximum Gasteiger partial charge on any atom is 0.164 e. The number of fused-ring (bicyclic) bond motifs is 6. The molecule has 0 aliphatic heterocycles. The minimum atomic E-state index is 0.656. The topological polar surface area (TPSA) is 38.7 Å². The molecule has 0 aliphatic rings. The second-order valence-electron chi connectivity index (χ2n) is 11.3. The van der Waals surface area contributed by atoms with Gasteiger partial charge in [0.1, 0.15) is 0 Å². The van der Waals surface area contributed by atoms with Crippen LogP contribution < -0.4 is 0 Å². The maximum absolute atomic E-state index is 5.03. The predicted octanol–water partition coefficient (Wildman–Crippen LogP) is 11.2. The van der Waals surface area contributed by atoms with E-state index in [2.05, 4.69) is 121 Å². The Labute approximate surface area is 264 Å². The summed E-state index contributed by atoms with van der Waals surface area (Å²) in [6.07, 6.45) is 0. The largest absolute Gasteiger partial charge is 0.208 e. The molecule has 0 saturated heterocycles. The molecule has 0 amide bonds. The molecular formula is C41H25N3S. The Kier molecular flexibility index (Phi) is 6.00. The van der Waals surface area contributed by atoms with Crippen molar-refractivity contribution in [3.8, 4) is 45.3 Å². The summed E-state index contributed by atoms with van der Waals surface area (Å²) in [5, 5.41) is 7.51. The van der Waals surface area contributed by atoms with Gasteiger partial charge in [-0.1, -0.05) is 133 Å². The lowest BCUT2D eigenvalue weighted by Crippen LogP contribution is -2.00. The van der Waals surface area contributed by atoms with Gasteiger partial charge in [-0.2, -0.15) is 0 Å². The molecule has 2 heterocycles. The average molecular weight is 592 g/mol. The molecule has 45 heavy (non-hydrogen) atoms. The Morgan fingerprint density at radius 2 is 0.889 bits per heavy atom. The molecule has 0 aliphatic carbocycles. The van der Waals surface area contributed by atoms with Crippen LogP contribution >= 0.6 is 11.3 Å². The fourth-order valence-corrected chi connectivity index (χ4v) is 7.42. The molecular weight excluding hydrogens is 567 g/mol. The summed E-state index contributed by atoms with van der Waals surface area (Å²) in [5.74, 6) is 1.98. The number of aromatic nitrogens is 3. The van der Waals surface area contributed by atoms with E-state index in [0.29, 0.717) is 17.5 Å². The van der Waals surface area contributed by atoms with Crippen molar-refractivity contribution in [1.29, 1.82) is 0 Å². The number of thiophene rings is 1. The molecule has 0 N–H and O–H groups in total. The van der Waals surface area contributed by atoms with Gasteiger partial charge in [0.15, 0.2) is 17.5 Å². The van der Waals surface area contributed by atoms with Crippen molar-refractivity contribution < 1.29 is 0 Å². The third kappa shape index (κ3) is 4.55. The molecule has 0 atom stereocenters. The summed E-state index contributed by atoms with van der Waals surface area (Å²) in [6.45, 7) is 0. The molecule has 0 saturated carbocycles. The van der Waals surface area contributed by atoms with Gasteiger partial charge < -0.3 is 0 Å². The normalized spacial score (nSPS) is 11.6. The first-order valence-corrected chi connectivity index (χ1v) is 15.8. The Hall–Kier alpha value is -5.71. The van der Waals surface area contributed by atoms with Crippen LogP contribution in [0.3, 0.4) is 0 Å². The second kappa shape index (κ2) is 10.5. The Bertz CT molecular complexity index is 2530. The van der Waals surface area contributed by atoms with Gasteiger partial charge in [0.05, 0.1) is 0 Å². The highest BCUT2D eigenvalue weighted by molar-refractivity contribution is 7.26. The van der Waals surface area contributed by atoms with Crippen LogP contribution in [0.4, 0.5) is 0 Å². The van der Waals surface area contributed by atoms with E-state index in [1.807, 2.05) is 41.7 Å². The van der Waals surface area contributed by atoms with Gasteiger partial charge in [0.25, 0.3) is 0 Å². The lowest BCUT2D eigenvalue weighted by Gasteiger charge is -2.10. The summed E-state index contributed by atoms with van der Waals surface area (Å²) in [5.41, 5.74) is 5.22. The smallest absolute Gasteiger partial charge is 0.164 e. The van der Waals surface area contributed by atoms with E-state index in [-0.39, 0.29) is 0 Å². The summed E-state index contributed by atoms with van der Waals surface area (Å²) in [7, 11) is 0. The van der Waals surface area contributed by atoms with Gasteiger partial charge in [-0.15, -0.1) is 11.3 Å². The molecule has 0 bridgehead atoms. The third-order valence-corrected chi connectivity index (χ3v) is 9.73. The molecule has 0 spiro atoms. The Morgan fingerprint density at radius 3 is 1.71 bits per heavy atom. The van der Waals surface area contributed by atoms with Gasteiger partial charge in [0.2, 0.25) is 0 Å². The van der Waals surface area contributed by atoms with Crippen LogP contribution in [0.5, 0.6) is 0 Å². The fraction of sp³-hybridized carbons (Fsp3) is 0. The zero-order valence-corrected chi connectivity index (χ0v) is 25.0. The van der Waals surface area contributed by atoms with Gasteiger partial charge in [0, 0.05) is 36.9 Å². The molecule has 9 aromatic rings. The number of hydrogen-bond donors (Lipinski definition) is 0. The van der Waals surface area contributed by atoms with Gasteiger partial charge in [-0.3, -0.25) is 0 Å². The van der Waals surface area contributed by atoms with E-state index >= 15 is 0 Å². The molecule has 210 valence electrons. The molecule has 0 unspecified atom stereocenters.